The van der Waals surface area contributed by atoms with E-state index in [4.69, 9.17) is 5.11 Å². The van der Waals surface area contributed by atoms with Gasteiger partial charge in [0.05, 0.1) is 4.90 Å². The van der Waals surface area contributed by atoms with E-state index in [1.165, 1.54) is 23.9 Å². The lowest BCUT2D eigenvalue weighted by Crippen LogP contribution is -2.07. The zero-order chi connectivity index (χ0) is 17.0. The molecule has 0 spiro atoms. The summed E-state index contributed by atoms with van der Waals surface area (Å²) >= 11 is 1.30. The van der Waals surface area contributed by atoms with Crippen molar-refractivity contribution in [2.75, 3.05) is 0 Å². The Hall–Kier alpha value is -2.34. The predicted octanol–water partition coefficient (Wildman–Crippen LogP) is 3.61. The molecule has 0 aromatic heterocycles. The molecule has 0 radical (unpaired) electrons. The van der Waals surface area contributed by atoms with Crippen LogP contribution in [0.5, 0.6) is 17.2 Å². The maximum atomic E-state index is 10.8. The van der Waals surface area contributed by atoms with Gasteiger partial charge in [-0.05, 0) is 48.2 Å². The number of hydrogen-bond donors (Lipinski definition) is 4. The summed E-state index contributed by atoms with van der Waals surface area (Å²) in [6.07, 6.45) is 0.548. The van der Waals surface area contributed by atoms with Crippen molar-refractivity contribution in [3.8, 4) is 17.2 Å². The van der Waals surface area contributed by atoms with Crippen molar-refractivity contribution in [3.05, 3.63) is 42.0 Å². The van der Waals surface area contributed by atoms with Crippen LogP contribution in [0.4, 0.5) is 0 Å². The highest BCUT2D eigenvalue weighted by atomic mass is 32.2. The second-order valence-electron chi connectivity index (χ2n) is 5.45. The first-order chi connectivity index (χ1) is 10.8. The molecule has 4 N–H and O–H groups in total. The number of hydrogen-bond acceptors (Lipinski definition) is 5. The van der Waals surface area contributed by atoms with Crippen molar-refractivity contribution in [3.63, 3.8) is 0 Å². The zero-order valence-electron chi connectivity index (χ0n) is 12.6. The van der Waals surface area contributed by atoms with Crippen LogP contribution in [0.1, 0.15) is 18.9 Å². The Kier molecular flexibility index (Phi) is 5.39. The molecule has 122 valence electrons. The van der Waals surface area contributed by atoms with E-state index in [1.807, 2.05) is 6.92 Å². The van der Waals surface area contributed by atoms with Gasteiger partial charge in [0, 0.05) is 17.4 Å². The summed E-state index contributed by atoms with van der Waals surface area (Å²) < 4.78 is 0. The fourth-order valence-electron chi connectivity index (χ4n) is 2.28. The van der Waals surface area contributed by atoms with Crippen molar-refractivity contribution in [2.24, 2.45) is 5.92 Å². The number of aromatic hydroxyl groups is 3. The number of aliphatic carboxylic acids is 1. The highest BCUT2D eigenvalue weighted by Crippen LogP contribution is 2.39. The van der Waals surface area contributed by atoms with Gasteiger partial charge in [0.2, 0.25) is 0 Å². The van der Waals surface area contributed by atoms with Crippen LogP contribution >= 0.6 is 11.8 Å². The van der Waals surface area contributed by atoms with Crippen LogP contribution in [0.15, 0.2) is 46.2 Å². The summed E-state index contributed by atoms with van der Waals surface area (Å²) in [5, 5.41) is 37.8. The summed E-state index contributed by atoms with van der Waals surface area (Å²) in [4.78, 5) is 12.2. The molecule has 0 heterocycles. The molecule has 2 aromatic rings. The third-order valence-corrected chi connectivity index (χ3v) is 4.48. The highest BCUT2D eigenvalue weighted by molar-refractivity contribution is 7.99. The molecular formula is C17H18O5S. The SMILES string of the molecule is CC(CC(=O)O)Cc1cc(O)ccc1Sc1ccc(O)cc1O. The lowest BCUT2D eigenvalue weighted by atomic mass is 9.98. The fraction of sp³-hybridized carbons (Fsp3) is 0.235. The number of carbonyl (C=O) groups is 1. The number of rotatable bonds is 6. The van der Waals surface area contributed by atoms with Gasteiger partial charge < -0.3 is 20.4 Å². The average Bonchev–Trinajstić information content (AvgIpc) is 2.43. The summed E-state index contributed by atoms with van der Waals surface area (Å²) in [5.41, 5.74) is 0.816. The number of phenolic OH excluding ortho intramolecular Hbond substituents is 3. The standard InChI is InChI=1S/C17H18O5S/c1-10(7-17(21)22)6-11-8-12(18)2-4-15(11)23-16-5-3-13(19)9-14(16)20/h2-5,8-10,18-20H,6-7H2,1H3,(H,21,22). The zero-order valence-corrected chi connectivity index (χ0v) is 13.4. The second kappa shape index (κ2) is 7.28. The molecule has 0 aliphatic rings. The van der Waals surface area contributed by atoms with Gasteiger partial charge in [-0.15, -0.1) is 0 Å². The minimum absolute atomic E-state index is 0.0205. The van der Waals surface area contributed by atoms with Crippen molar-refractivity contribution < 1.29 is 25.2 Å². The number of carboxylic acid groups (broad SMARTS) is 1. The van der Waals surface area contributed by atoms with Crippen molar-refractivity contribution >= 4 is 17.7 Å². The maximum absolute atomic E-state index is 10.8. The molecule has 2 aromatic carbocycles. The van der Waals surface area contributed by atoms with Crippen LogP contribution in [0.2, 0.25) is 0 Å². The molecule has 1 unspecified atom stereocenters. The minimum atomic E-state index is -0.858. The van der Waals surface area contributed by atoms with Crippen molar-refractivity contribution in [1.29, 1.82) is 0 Å². The molecule has 23 heavy (non-hydrogen) atoms. The van der Waals surface area contributed by atoms with Gasteiger partial charge in [0.15, 0.2) is 0 Å². The molecule has 1 atom stereocenters. The van der Waals surface area contributed by atoms with Gasteiger partial charge in [-0.25, -0.2) is 0 Å². The lowest BCUT2D eigenvalue weighted by Gasteiger charge is -2.14. The third kappa shape index (κ3) is 4.82. The summed E-state index contributed by atoms with van der Waals surface area (Å²) in [6, 6.07) is 9.23. The highest BCUT2D eigenvalue weighted by Gasteiger charge is 2.14. The van der Waals surface area contributed by atoms with Crippen LogP contribution in [0.25, 0.3) is 0 Å². The topological polar surface area (TPSA) is 98.0 Å². The average molecular weight is 334 g/mol. The molecule has 5 nitrogen and oxygen atoms in total. The van der Waals surface area contributed by atoms with Crippen molar-refractivity contribution in [2.45, 2.75) is 29.6 Å². The Labute approximate surface area is 138 Å². The monoisotopic (exact) mass is 334 g/mol. The Morgan fingerprint density at radius 2 is 1.65 bits per heavy atom. The Morgan fingerprint density at radius 1 is 1.04 bits per heavy atom. The van der Waals surface area contributed by atoms with Gasteiger partial charge >= 0.3 is 5.97 Å². The third-order valence-electron chi connectivity index (χ3n) is 3.30. The molecule has 0 saturated heterocycles. The summed E-state index contributed by atoms with van der Waals surface area (Å²) in [7, 11) is 0. The van der Waals surface area contributed by atoms with Crippen LogP contribution < -0.4 is 0 Å². The van der Waals surface area contributed by atoms with Crippen LogP contribution in [0.3, 0.4) is 0 Å². The molecule has 2 rings (SSSR count). The van der Waals surface area contributed by atoms with Crippen LogP contribution in [-0.4, -0.2) is 26.4 Å². The van der Waals surface area contributed by atoms with E-state index in [9.17, 15) is 20.1 Å². The van der Waals surface area contributed by atoms with E-state index in [-0.39, 0.29) is 29.6 Å². The fourth-order valence-corrected chi connectivity index (χ4v) is 3.23. The number of carboxylic acids is 1. The molecular weight excluding hydrogens is 316 g/mol. The molecule has 0 amide bonds. The largest absolute Gasteiger partial charge is 0.508 e. The smallest absolute Gasteiger partial charge is 0.303 e. The van der Waals surface area contributed by atoms with Crippen molar-refractivity contribution in [1.82, 2.24) is 0 Å². The molecule has 6 heteroatoms. The Balaban J connectivity index is 2.26. The number of phenols is 3. The van der Waals surface area contributed by atoms with Crippen LogP contribution in [-0.2, 0) is 11.2 Å². The molecule has 0 aliphatic heterocycles. The van der Waals surface area contributed by atoms with Crippen LogP contribution in [0, 0.1) is 5.92 Å². The molecule has 0 fully saturated rings. The first-order valence-corrected chi connectivity index (χ1v) is 7.90. The Morgan fingerprint density at radius 3 is 2.26 bits per heavy atom. The molecule has 0 bridgehead atoms. The first-order valence-electron chi connectivity index (χ1n) is 7.08. The van der Waals surface area contributed by atoms with E-state index >= 15 is 0 Å². The summed E-state index contributed by atoms with van der Waals surface area (Å²) in [5.74, 6) is -0.882. The summed E-state index contributed by atoms with van der Waals surface area (Å²) in [6.45, 7) is 1.84. The second-order valence-corrected chi connectivity index (χ2v) is 6.54. The quantitative estimate of drug-likeness (QED) is 0.644. The van der Waals surface area contributed by atoms with E-state index in [0.29, 0.717) is 11.3 Å². The molecule has 0 saturated carbocycles. The Bertz CT molecular complexity index is 714. The van der Waals surface area contributed by atoms with Gasteiger partial charge in [0.25, 0.3) is 0 Å². The lowest BCUT2D eigenvalue weighted by molar-refractivity contribution is -0.137. The molecule has 0 aliphatic carbocycles. The number of benzene rings is 2. The predicted molar refractivity (Wildman–Crippen MR) is 87.1 cm³/mol. The van der Waals surface area contributed by atoms with E-state index < -0.39 is 5.97 Å². The van der Waals surface area contributed by atoms with Gasteiger partial charge in [-0.3, -0.25) is 4.79 Å². The van der Waals surface area contributed by atoms with E-state index in [0.717, 1.165) is 10.5 Å². The van der Waals surface area contributed by atoms with Gasteiger partial charge in [0.1, 0.15) is 17.2 Å². The first kappa shape index (κ1) is 17.0. The minimum Gasteiger partial charge on any atom is -0.508 e. The van der Waals surface area contributed by atoms with Gasteiger partial charge in [-0.2, -0.15) is 0 Å². The normalized spacial score (nSPS) is 12.0. The van der Waals surface area contributed by atoms with Gasteiger partial charge in [-0.1, -0.05) is 18.7 Å². The van der Waals surface area contributed by atoms with E-state index in [1.54, 1.807) is 24.3 Å². The van der Waals surface area contributed by atoms with E-state index in [2.05, 4.69) is 0 Å². The maximum Gasteiger partial charge on any atom is 0.303 e.